The van der Waals surface area contributed by atoms with Crippen LogP contribution in [0.15, 0.2) is 24.5 Å². The van der Waals surface area contributed by atoms with E-state index in [9.17, 15) is 18.0 Å². The van der Waals surface area contributed by atoms with Gasteiger partial charge in [0.05, 0.1) is 16.8 Å². The summed E-state index contributed by atoms with van der Waals surface area (Å²) in [6, 6.07) is 5.39. The lowest BCUT2D eigenvalue weighted by Crippen LogP contribution is -2.35. The van der Waals surface area contributed by atoms with Crippen molar-refractivity contribution >= 4 is 49.9 Å². The lowest BCUT2D eigenvalue weighted by Gasteiger charge is -2.22. The zero-order valence-electron chi connectivity index (χ0n) is 19.2. The fourth-order valence-electron chi connectivity index (χ4n) is 4.54. The number of aromatic amines is 1. The van der Waals surface area contributed by atoms with E-state index in [0.717, 1.165) is 22.3 Å². The maximum Gasteiger partial charge on any atom is 0.262 e. The van der Waals surface area contributed by atoms with E-state index in [1.807, 2.05) is 6.07 Å². The average Bonchev–Trinajstić information content (AvgIpc) is 3.20. The highest BCUT2D eigenvalue weighted by Crippen LogP contribution is 2.36. The number of nitrogens with zero attached hydrogens (tertiary/aromatic N) is 2. The number of fused-ring (bicyclic) bond motifs is 4. The van der Waals surface area contributed by atoms with Crippen molar-refractivity contribution < 1.29 is 22.7 Å². The van der Waals surface area contributed by atoms with Crippen LogP contribution in [-0.2, 0) is 32.3 Å². The number of benzene rings is 1. The number of hydrogen-bond acceptors (Lipinski definition) is 8. The fourth-order valence-corrected chi connectivity index (χ4v) is 5.21. The molecule has 1 atom stereocenters. The highest BCUT2D eigenvalue weighted by Gasteiger charge is 2.29. The van der Waals surface area contributed by atoms with Crippen LogP contribution in [0.5, 0.6) is 5.75 Å². The SMILES string of the molecule is CS(=O)(=O)CCCNC(=O)C1CCc2[nH]c3ncnc(Nc4ccc5c(c4)OCC(=O)N5)c3c2C1. The first-order valence-corrected chi connectivity index (χ1v) is 13.5. The van der Waals surface area contributed by atoms with Gasteiger partial charge in [0, 0.05) is 36.2 Å². The summed E-state index contributed by atoms with van der Waals surface area (Å²) >= 11 is 0. The molecule has 3 heterocycles. The molecule has 35 heavy (non-hydrogen) atoms. The number of carbonyl (C=O) groups is 2. The van der Waals surface area contributed by atoms with Crippen molar-refractivity contribution in [2.75, 3.05) is 35.8 Å². The van der Waals surface area contributed by atoms with Gasteiger partial charge in [0.2, 0.25) is 5.91 Å². The summed E-state index contributed by atoms with van der Waals surface area (Å²) < 4.78 is 28.1. The second kappa shape index (κ2) is 9.17. The van der Waals surface area contributed by atoms with E-state index in [-0.39, 0.29) is 30.1 Å². The Hall–Kier alpha value is -3.67. The summed E-state index contributed by atoms with van der Waals surface area (Å²) in [7, 11) is -3.04. The van der Waals surface area contributed by atoms with Gasteiger partial charge in [-0.1, -0.05) is 0 Å². The molecule has 2 amide bonds. The summed E-state index contributed by atoms with van der Waals surface area (Å²) in [6.45, 7) is 0.303. The molecule has 0 radical (unpaired) electrons. The molecule has 2 aromatic heterocycles. The normalized spacial score (nSPS) is 17.2. The zero-order chi connectivity index (χ0) is 24.6. The van der Waals surface area contributed by atoms with Crippen molar-refractivity contribution in [3.8, 4) is 5.75 Å². The molecule has 1 aromatic carbocycles. The molecular formula is C23H26N6O5S. The second-order valence-electron chi connectivity index (χ2n) is 8.91. The molecule has 3 aromatic rings. The van der Waals surface area contributed by atoms with Crippen molar-refractivity contribution in [2.45, 2.75) is 25.7 Å². The number of sulfone groups is 1. The quantitative estimate of drug-likeness (QED) is 0.359. The van der Waals surface area contributed by atoms with Gasteiger partial charge < -0.3 is 25.7 Å². The number of rotatable bonds is 7. The molecule has 12 heteroatoms. The minimum absolute atomic E-state index is 0.0305. The van der Waals surface area contributed by atoms with E-state index in [2.05, 4.69) is 30.9 Å². The summed E-state index contributed by atoms with van der Waals surface area (Å²) in [5.74, 6) is 0.762. The van der Waals surface area contributed by atoms with Crippen LogP contribution in [-0.4, -0.2) is 60.3 Å². The fraction of sp³-hybridized carbons (Fsp3) is 0.391. The second-order valence-corrected chi connectivity index (χ2v) is 11.2. The number of amides is 2. The summed E-state index contributed by atoms with van der Waals surface area (Å²) in [6.07, 6.45) is 5.01. The van der Waals surface area contributed by atoms with E-state index >= 15 is 0 Å². The van der Waals surface area contributed by atoms with Crippen LogP contribution in [0.25, 0.3) is 11.0 Å². The van der Waals surface area contributed by atoms with Gasteiger partial charge in [0.25, 0.3) is 5.91 Å². The van der Waals surface area contributed by atoms with Gasteiger partial charge in [0.1, 0.15) is 33.4 Å². The van der Waals surface area contributed by atoms with Gasteiger partial charge in [-0.3, -0.25) is 9.59 Å². The Balaban J connectivity index is 1.34. The van der Waals surface area contributed by atoms with Crippen molar-refractivity contribution in [3.63, 3.8) is 0 Å². The zero-order valence-corrected chi connectivity index (χ0v) is 20.0. The van der Waals surface area contributed by atoms with Crippen molar-refractivity contribution in [3.05, 3.63) is 35.8 Å². The first-order chi connectivity index (χ1) is 16.8. The molecule has 0 saturated carbocycles. The molecule has 0 spiro atoms. The van der Waals surface area contributed by atoms with Gasteiger partial charge in [-0.25, -0.2) is 18.4 Å². The Bertz CT molecular complexity index is 1420. The van der Waals surface area contributed by atoms with Gasteiger partial charge in [0.15, 0.2) is 6.61 Å². The van der Waals surface area contributed by atoms with Gasteiger partial charge in [-0.2, -0.15) is 0 Å². The van der Waals surface area contributed by atoms with Crippen LogP contribution >= 0.6 is 0 Å². The summed E-state index contributed by atoms with van der Waals surface area (Å²) in [4.78, 5) is 36.5. The van der Waals surface area contributed by atoms with Gasteiger partial charge >= 0.3 is 0 Å². The Morgan fingerprint density at radius 3 is 2.97 bits per heavy atom. The van der Waals surface area contributed by atoms with E-state index < -0.39 is 9.84 Å². The Morgan fingerprint density at radius 1 is 1.29 bits per heavy atom. The van der Waals surface area contributed by atoms with Crippen LogP contribution in [0.4, 0.5) is 17.2 Å². The standard InChI is InChI=1S/C23H26N6O5S/c1-35(32,33)8-2-7-24-23(31)13-3-5-16-15(9-13)20-21(25-12-26-22(20)29-16)27-14-4-6-17-18(10-14)34-11-19(30)28-17/h4,6,10,12-13H,2-3,5,7-9,11H2,1H3,(H,24,31)(H,28,30)(H2,25,26,27,29). The van der Waals surface area contributed by atoms with Crippen LogP contribution < -0.4 is 20.7 Å². The first kappa shape index (κ1) is 23.1. The van der Waals surface area contributed by atoms with Crippen molar-refractivity contribution in [1.82, 2.24) is 20.3 Å². The van der Waals surface area contributed by atoms with E-state index in [0.29, 0.717) is 55.1 Å². The lowest BCUT2D eigenvalue weighted by atomic mass is 9.86. The molecule has 11 nitrogen and oxygen atoms in total. The Kier molecular flexibility index (Phi) is 6.05. The molecule has 5 rings (SSSR count). The summed E-state index contributed by atoms with van der Waals surface area (Å²) in [5.41, 5.74) is 4.10. The lowest BCUT2D eigenvalue weighted by molar-refractivity contribution is -0.125. The van der Waals surface area contributed by atoms with E-state index in [4.69, 9.17) is 4.74 Å². The molecule has 0 fully saturated rings. The molecule has 184 valence electrons. The average molecular weight is 499 g/mol. The number of ether oxygens (including phenoxy) is 1. The highest BCUT2D eigenvalue weighted by atomic mass is 32.2. The summed E-state index contributed by atoms with van der Waals surface area (Å²) in [5, 5.41) is 9.81. The topological polar surface area (TPSA) is 155 Å². The van der Waals surface area contributed by atoms with E-state index in [1.165, 1.54) is 12.6 Å². The van der Waals surface area contributed by atoms with Crippen LogP contribution in [0, 0.1) is 5.92 Å². The first-order valence-electron chi connectivity index (χ1n) is 11.4. The monoisotopic (exact) mass is 498 g/mol. The maximum atomic E-state index is 12.8. The van der Waals surface area contributed by atoms with Crippen molar-refractivity contribution in [2.24, 2.45) is 5.92 Å². The third-order valence-electron chi connectivity index (χ3n) is 6.22. The number of carbonyl (C=O) groups excluding carboxylic acids is 2. The number of anilines is 3. The maximum absolute atomic E-state index is 12.8. The number of hydrogen-bond donors (Lipinski definition) is 4. The third kappa shape index (κ3) is 5.06. The third-order valence-corrected chi connectivity index (χ3v) is 7.25. The predicted octanol–water partition coefficient (Wildman–Crippen LogP) is 1.69. The minimum Gasteiger partial charge on any atom is -0.482 e. The molecule has 1 aliphatic carbocycles. The van der Waals surface area contributed by atoms with Crippen molar-refractivity contribution in [1.29, 1.82) is 0 Å². The Labute approximate surface area is 202 Å². The van der Waals surface area contributed by atoms with Gasteiger partial charge in [-0.15, -0.1) is 0 Å². The molecular weight excluding hydrogens is 472 g/mol. The number of aryl methyl sites for hydroxylation is 1. The Morgan fingerprint density at radius 2 is 2.14 bits per heavy atom. The van der Waals surface area contributed by atoms with Crippen LogP contribution in [0.2, 0.25) is 0 Å². The smallest absolute Gasteiger partial charge is 0.262 e. The minimum atomic E-state index is -3.04. The molecule has 0 bridgehead atoms. The van der Waals surface area contributed by atoms with E-state index in [1.54, 1.807) is 12.1 Å². The molecule has 0 saturated heterocycles. The van der Waals surface area contributed by atoms with Crippen LogP contribution in [0.3, 0.4) is 0 Å². The number of nitrogens with one attached hydrogen (secondary N) is 4. The van der Waals surface area contributed by atoms with Gasteiger partial charge in [-0.05, 0) is 43.4 Å². The highest BCUT2D eigenvalue weighted by molar-refractivity contribution is 7.90. The molecule has 2 aliphatic rings. The largest absolute Gasteiger partial charge is 0.482 e. The molecule has 1 aliphatic heterocycles. The number of H-pyrrole nitrogens is 1. The predicted molar refractivity (Wildman–Crippen MR) is 131 cm³/mol. The number of aromatic nitrogens is 3. The molecule has 1 unspecified atom stereocenters. The molecule has 4 N–H and O–H groups in total. The van der Waals surface area contributed by atoms with Crippen LogP contribution in [0.1, 0.15) is 24.1 Å².